The number of rotatable bonds is 5. The maximum Gasteiger partial charge on any atom is 0.277 e. The van der Waals surface area contributed by atoms with E-state index in [1.54, 1.807) is 43.1 Å². The number of aromatic nitrogens is 3. The summed E-state index contributed by atoms with van der Waals surface area (Å²) in [7, 11) is 1.62. The molecule has 7 nitrogen and oxygen atoms in total. The molecule has 0 atom stereocenters. The first kappa shape index (κ1) is 14.0. The topological polar surface area (TPSA) is 95.1 Å². The fourth-order valence-electron chi connectivity index (χ4n) is 1.66. The molecule has 2 heterocycles. The van der Waals surface area contributed by atoms with Crippen LogP contribution in [0.3, 0.4) is 0 Å². The lowest BCUT2D eigenvalue weighted by Crippen LogP contribution is -2.17. The quantitative estimate of drug-likeness (QED) is 0.851. The predicted octanol–water partition coefficient (Wildman–Crippen LogP) is 1.07. The minimum atomic E-state index is -0.372. The van der Waals surface area contributed by atoms with E-state index in [-0.39, 0.29) is 11.6 Å². The van der Waals surface area contributed by atoms with Gasteiger partial charge < -0.3 is 15.8 Å². The van der Waals surface area contributed by atoms with Gasteiger partial charge in [-0.3, -0.25) is 9.48 Å². The highest BCUT2D eigenvalue weighted by molar-refractivity contribution is 6.05. The molecule has 0 radical (unpaired) electrons. The SMILES string of the molecule is COCCn1ccc(NC(=O)c2nc(C)ccc2N)n1. The number of nitrogens with two attached hydrogens (primary N) is 1. The van der Waals surface area contributed by atoms with E-state index in [4.69, 9.17) is 10.5 Å². The molecule has 0 fully saturated rings. The van der Waals surface area contributed by atoms with Gasteiger partial charge in [-0.2, -0.15) is 5.10 Å². The molecular formula is C13H17N5O2. The predicted molar refractivity (Wildman–Crippen MR) is 75.4 cm³/mol. The molecule has 0 aliphatic rings. The van der Waals surface area contributed by atoms with Gasteiger partial charge in [0.1, 0.15) is 0 Å². The molecule has 0 aromatic carbocycles. The van der Waals surface area contributed by atoms with Crippen molar-refractivity contribution in [2.45, 2.75) is 13.5 Å². The Kier molecular flexibility index (Phi) is 4.31. The van der Waals surface area contributed by atoms with Crippen molar-refractivity contribution >= 4 is 17.4 Å². The molecule has 0 unspecified atom stereocenters. The van der Waals surface area contributed by atoms with Gasteiger partial charge in [0.15, 0.2) is 11.5 Å². The third-order valence-electron chi connectivity index (χ3n) is 2.69. The highest BCUT2D eigenvalue weighted by Gasteiger charge is 2.13. The van der Waals surface area contributed by atoms with Crippen molar-refractivity contribution in [3.05, 3.63) is 35.8 Å². The van der Waals surface area contributed by atoms with Gasteiger partial charge in [0.05, 0.1) is 18.8 Å². The van der Waals surface area contributed by atoms with E-state index in [0.717, 1.165) is 5.69 Å². The van der Waals surface area contributed by atoms with Gasteiger partial charge in [-0.05, 0) is 19.1 Å². The van der Waals surface area contributed by atoms with Crippen molar-refractivity contribution in [3.8, 4) is 0 Å². The van der Waals surface area contributed by atoms with Crippen LogP contribution in [0.4, 0.5) is 11.5 Å². The Morgan fingerprint density at radius 2 is 2.25 bits per heavy atom. The summed E-state index contributed by atoms with van der Waals surface area (Å²) < 4.78 is 6.65. The van der Waals surface area contributed by atoms with Crippen LogP contribution in [0.15, 0.2) is 24.4 Å². The maximum absolute atomic E-state index is 12.1. The van der Waals surface area contributed by atoms with E-state index in [0.29, 0.717) is 24.7 Å². The first-order chi connectivity index (χ1) is 9.60. The Hall–Kier alpha value is -2.41. The number of methoxy groups -OCH3 is 1. The van der Waals surface area contributed by atoms with Crippen molar-refractivity contribution in [1.82, 2.24) is 14.8 Å². The summed E-state index contributed by atoms with van der Waals surface area (Å²) in [5.41, 5.74) is 7.03. The van der Waals surface area contributed by atoms with Gasteiger partial charge in [0.2, 0.25) is 0 Å². The number of aryl methyl sites for hydroxylation is 1. The molecule has 2 aromatic heterocycles. The minimum absolute atomic E-state index is 0.205. The van der Waals surface area contributed by atoms with Crippen LogP contribution in [0.25, 0.3) is 0 Å². The molecular weight excluding hydrogens is 258 g/mol. The van der Waals surface area contributed by atoms with Gasteiger partial charge in [0.25, 0.3) is 5.91 Å². The fourth-order valence-corrected chi connectivity index (χ4v) is 1.66. The molecule has 20 heavy (non-hydrogen) atoms. The summed E-state index contributed by atoms with van der Waals surface area (Å²) in [5.74, 6) is 0.0806. The summed E-state index contributed by atoms with van der Waals surface area (Å²) in [6, 6.07) is 5.12. The van der Waals surface area contributed by atoms with Crippen LogP contribution < -0.4 is 11.1 Å². The van der Waals surface area contributed by atoms with Crippen LogP contribution in [0.2, 0.25) is 0 Å². The lowest BCUT2D eigenvalue weighted by atomic mass is 10.2. The van der Waals surface area contributed by atoms with E-state index in [2.05, 4.69) is 15.4 Å². The maximum atomic E-state index is 12.1. The zero-order valence-corrected chi connectivity index (χ0v) is 11.5. The zero-order valence-electron chi connectivity index (χ0n) is 11.5. The average Bonchev–Trinajstić information content (AvgIpc) is 2.86. The number of carbonyl (C=O) groups excluding carboxylic acids is 1. The van der Waals surface area contributed by atoms with E-state index in [9.17, 15) is 4.79 Å². The van der Waals surface area contributed by atoms with Gasteiger partial charge >= 0.3 is 0 Å². The number of ether oxygens (including phenoxy) is 1. The van der Waals surface area contributed by atoms with E-state index in [1.807, 2.05) is 0 Å². The number of nitrogens with one attached hydrogen (secondary N) is 1. The molecule has 0 spiro atoms. The number of carbonyl (C=O) groups is 1. The van der Waals surface area contributed by atoms with Crippen LogP contribution in [0.5, 0.6) is 0 Å². The second-order valence-electron chi connectivity index (χ2n) is 4.30. The molecule has 7 heteroatoms. The highest BCUT2D eigenvalue weighted by Crippen LogP contribution is 2.12. The summed E-state index contributed by atoms with van der Waals surface area (Å²) in [4.78, 5) is 16.2. The smallest absolute Gasteiger partial charge is 0.277 e. The van der Waals surface area contributed by atoms with Gasteiger partial charge in [-0.1, -0.05) is 0 Å². The molecule has 106 valence electrons. The van der Waals surface area contributed by atoms with Crippen molar-refractivity contribution in [2.75, 3.05) is 24.8 Å². The molecule has 0 aliphatic carbocycles. The van der Waals surface area contributed by atoms with Crippen LogP contribution in [-0.4, -0.2) is 34.4 Å². The van der Waals surface area contributed by atoms with E-state index < -0.39 is 0 Å². The minimum Gasteiger partial charge on any atom is -0.397 e. The van der Waals surface area contributed by atoms with E-state index >= 15 is 0 Å². The van der Waals surface area contributed by atoms with Crippen molar-refractivity contribution in [3.63, 3.8) is 0 Å². The lowest BCUT2D eigenvalue weighted by Gasteiger charge is -2.05. The van der Waals surface area contributed by atoms with Gasteiger partial charge in [0, 0.05) is 25.1 Å². The number of amides is 1. The zero-order chi connectivity index (χ0) is 14.5. The summed E-state index contributed by atoms with van der Waals surface area (Å²) in [6.45, 7) is 2.98. The Bertz CT molecular complexity index is 609. The molecule has 0 saturated carbocycles. The van der Waals surface area contributed by atoms with Crippen molar-refractivity contribution in [1.29, 1.82) is 0 Å². The Balaban J connectivity index is 2.07. The molecule has 2 rings (SSSR count). The summed E-state index contributed by atoms with van der Waals surface area (Å²) in [5, 5.41) is 6.87. The van der Waals surface area contributed by atoms with Crippen LogP contribution >= 0.6 is 0 Å². The van der Waals surface area contributed by atoms with Gasteiger partial charge in [-0.25, -0.2) is 4.98 Å². The second kappa shape index (κ2) is 6.16. The fraction of sp³-hybridized carbons (Fsp3) is 0.308. The molecule has 0 bridgehead atoms. The molecule has 0 saturated heterocycles. The average molecular weight is 275 g/mol. The lowest BCUT2D eigenvalue weighted by molar-refractivity contribution is 0.102. The van der Waals surface area contributed by atoms with Crippen LogP contribution in [-0.2, 0) is 11.3 Å². The molecule has 1 amide bonds. The van der Waals surface area contributed by atoms with Crippen LogP contribution in [0.1, 0.15) is 16.2 Å². The summed E-state index contributed by atoms with van der Waals surface area (Å²) >= 11 is 0. The third-order valence-corrected chi connectivity index (χ3v) is 2.69. The van der Waals surface area contributed by atoms with Crippen molar-refractivity contribution < 1.29 is 9.53 Å². The Morgan fingerprint density at radius 3 is 3.00 bits per heavy atom. The monoisotopic (exact) mass is 275 g/mol. The number of nitrogens with zero attached hydrogens (tertiary/aromatic N) is 3. The standard InChI is InChI=1S/C13H17N5O2/c1-9-3-4-10(14)12(15-9)13(19)16-11-5-6-18(17-11)7-8-20-2/h3-6H,7-8,14H2,1-2H3,(H,16,17,19). The second-order valence-corrected chi connectivity index (χ2v) is 4.30. The normalized spacial score (nSPS) is 10.5. The molecule has 3 N–H and O–H groups in total. The first-order valence-corrected chi connectivity index (χ1v) is 6.17. The number of pyridine rings is 1. The number of nitrogen functional groups attached to an aromatic ring is 1. The first-order valence-electron chi connectivity index (χ1n) is 6.17. The Morgan fingerprint density at radius 1 is 1.45 bits per heavy atom. The van der Waals surface area contributed by atoms with Crippen molar-refractivity contribution in [2.24, 2.45) is 0 Å². The number of hydrogen-bond acceptors (Lipinski definition) is 5. The largest absolute Gasteiger partial charge is 0.397 e. The summed E-state index contributed by atoms with van der Waals surface area (Å²) in [6.07, 6.45) is 1.77. The number of anilines is 2. The number of hydrogen-bond donors (Lipinski definition) is 2. The molecule has 0 aliphatic heterocycles. The third kappa shape index (κ3) is 3.33. The highest BCUT2D eigenvalue weighted by atomic mass is 16.5. The van der Waals surface area contributed by atoms with Crippen LogP contribution in [0, 0.1) is 6.92 Å². The Labute approximate surface area is 116 Å². The van der Waals surface area contributed by atoms with E-state index in [1.165, 1.54) is 0 Å². The molecule has 2 aromatic rings. The van der Waals surface area contributed by atoms with Gasteiger partial charge in [-0.15, -0.1) is 0 Å².